The second-order valence-electron chi connectivity index (χ2n) is 4.64. The fourth-order valence-electron chi connectivity index (χ4n) is 2.06. The average molecular weight is 380 g/mol. The van der Waals surface area contributed by atoms with Crippen LogP contribution in [0, 0.1) is 0 Å². The number of piperidine rings is 1. The number of benzene rings is 1. The van der Waals surface area contributed by atoms with E-state index in [1.807, 2.05) is 12.1 Å². The molecule has 1 aliphatic rings. The highest BCUT2D eigenvalue weighted by Gasteiger charge is 2.14. The molecule has 1 saturated heterocycles. The molecule has 1 heterocycles. The van der Waals surface area contributed by atoms with E-state index in [1.54, 1.807) is 11.8 Å². The van der Waals surface area contributed by atoms with E-state index in [1.165, 1.54) is 4.90 Å². The van der Waals surface area contributed by atoms with Crippen molar-refractivity contribution < 1.29 is 4.79 Å². The lowest BCUT2D eigenvalue weighted by Crippen LogP contribution is -2.42. The van der Waals surface area contributed by atoms with E-state index in [-0.39, 0.29) is 18.3 Å². The van der Waals surface area contributed by atoms with Crippen molar-refractivity contribution in [3.8, 4) is 0 Å². The minimum absolute atomic E-state index is 0. The van der Waals surface area contributed by atoms with Gasteiger partial charge in [0.2, 0.25) is 5.91 Å². The molecule has 0 aromatic heterocycles. The fraction of sp³-hybridized carbons (Fsp3) is 0.500. The van der Waals surface area contributed by atoms with E-state index in [9.17, 15) is 4.79 Å². The lowest BCUT2D eigenvalue weighted by molar-refractivity contribution is -0.121. The Hall–Kier alpha value is -0.230. The molecule has 6 heteroatoms. The maximum atomic E-state index is 11.8. The summed E-state index contributed by atoms with van der Waals surface area (Å²) in [5, 5.41) is 6.41. The summed E-state index contributed by atoms with van der Waals surface area (Å²) in [6.07, 6.45) is 2.68. The number of nitrogens with one attached hydrogen (secondary N) is 2. The highest BCUT2D eigenvalue weighted by Crippen LogP contribution is 2.21. The summed E-state index contributed by atoms with van der Waals surface area (Å²) in [7, 11) is 0. The largest absolute Gasteiger partial charge is 0.353 e. The van der Waals surface area contributed by atoms with Crippen LogP contribution in [-0.4, -0.2) is 30.8 Å². The Morgan fingerprint density at radius 1 is 1.30 bits per heavy atom. The Bertz CT molecular complexity index is 410. The molecular weight excluding hydrogens is 360 g/mol. The molecule has 20 heavy (non-hydrogen) atoms. The standard InChI is InChI=1S/C14H19BrN2OS.ClH/c15-11-1-3-13(4-2-11)19-10-7-14(18)17-12-5-8-16-9-6-12;/h1-4,12,16H,5-10H2,(H,17,18);1H. The summed E-state index contributed by atoms with van der Waals surface area (Å²) in [5.74, 6) is 1.01. The third-order valence-corrected chi connectivity index (χ3v) is 4.66. The zero-order valence-electron chi connectivity index (χ0n) is 11.2. The van der Waals surface area contributed by atoms with Gasteiger partial charge in [0, 0.05) is 27.6 Å². The Morgan fingerprint density at radius 2 is 1.95 bits per heavy atom. The van der Waals surface area contributed by atoms with Crippen LogP contribution in [0.25, 0.3) is 0 Å². The first-order valence-corrected chi connectivity index (χ1v) is 8.40. The molecule has 1 aliphatic heterocycles. The summed E-state index contributed by atoms with van der Waals surface area (Å²) >= 11 is 5.14. The predicted octanol–water partition coefficient (Wildman–Crippen LogP) is 3.22. The zero-order chi connectivity index (χ0) is 13.5. The number of halogens is 2. The molecule has 2 N–H and O–H groups in total. The first kappa shape index (κ1) is 17.8. The molecule has 0 radical (unpaired) electrons. The Labute approximate surface area is 139 Å². The first-order valence-electron chi connectivity index (χ1n) is 6.62. The summed E-state index contributed by atoms with van der Waals surface area (Å²) in [4.78, 5) is 13.0. The second-order valence-corrected chi connectivity index (χ2v) is 6.73. The van der Waals surface area contributed by atoms with Gasteiger partial charge in [0.25, 0.3) is 0 Å². The van der Waals surface area contributed by atoms with Crippen LogP contribution >= 0.6 is 40.1 Å². The fourth-order valence-corrected chi connectivity index (χ4v) is 3.17. The van der Waals surface area contributed by atoms with Gasteiger partial charge in [0.1, 0.15) is 0 Å². The van der Waals surface area contributed by atoms with Crippen LogP contribution in [0.5, 0.6) is 0 Å². The maximum Gasteiger partial charge on any atom is 0.221 e. The van der Waals surface area contributed by atoms with Crippen molar-refractivity contribution in [2.45, 2.75) is 30.2 Å². The van der Waals surface area contributed by atoms with Gasteiger partial charge in [-0.25, -0.2) is 0 Å². The number of carbonyl (C=O) groups excluding carboxylic acids is 1. The highest BCUT2D eigenvalue weighted by atomic mass is 79.9. The molecule has 0 unspecified atom stereocenters. The molecule has 0 spiro atoms. The van der Waals surface area contributed by atoms with Crippen molar-refractivity contribution >= 4 is 46.0 Å². The number of carbonyl (C=O) groups is 1. The Balaban J connectivity index is 0.00000200. The Morgan fingerprint density at radius 3 is 2.60 bits per heavy atom. The number of rotatable bonds is 5. The minimum Gasteiger partial charge on any atom is -0.353 e. The van der Waals surface area contributed by atoms with Crippen molar-refractivity contribution in [1.29, 1.82) is 0 Å². The summed E-state index contributed by atoms with van der Waals surface area (Å²) in [6, 6.07) is 8.56. The number of hydrogen-bond donors (Lipinski definition) is 2. The van der Waals surface area contributed by atoms with Crippen LogP contribution in [0.4, 0.5) is 0 Å². The van der Waals surface area contributed by atoms with E-state index in [4.69, 9.17) is 0 Å². The molecule has 0 atom stereocenters. The van der Waals surface area contributed by atoms with E-state index in [2.05, 4.69) is 38.7 Å². The lowest BCUT2D eigenvalue weighted by Gasteiger charge is -2.23. The summed E-state index contributed by atoms with van der Waals surface area (Å²) < 4.78 is 1.08. The molecule has 3 nitrogen and oxygen atoms in total. The molecule has 0 aliphatic carbocycles. The van der Waals surface area contributed by atoms with Crippen molar-refractivity contribution in [2.75, 3.05) is 18.8 Å². The van der Waals surface area contributed by atoms with E-state index < -0.39 is 0 Å². The third kappa shape index (κ3) is 6.48. The summed E-state index contributed by atoms with van der Waals surface area (Å²) in [5.41, 5.74) is 0. The van der Waals surface area contributed by atoms with Crippen LogP contribution in [0.3, 0.4) is 0 Å². The number of hydrogen-bond acceptors (Lipinski definition) is 3. The van der Waals surface area contributed by atoms with Crippen molar-refractivity contribution in [2.24, 2.45) is 0 Å². The molecule has 1 aromatic carbocycles. The lowest BCUT2D eigenvalue weighted by atomic mass is 10.1. The normalized spacial score (nSPS) is 15.4. The van der Waals surface area contributed by atoms with Gasteiger partial charge in [-0.05, 0) is 50.2 Å². The van der Waals surface area contributed by atoms with Gasteiger partial charge in [-0.15, -0.1) is 24.2 Å². The topological polar surface area (TPSA) is 41.1 Å². The smallest absolute Gasteiger partial charge is 0.221 e. The molecule has 1 amide bonds. The van der Waals surface area contributed by atoms with E-state index in [0.717, 1.165) is 36.2 Å². The number of thioether (sulfide) groups is 1. The monoisotopic (exact) mass is 378 g/mol. The minimum atomic E-state index is 0. The zero-order valence-corrected chi connectivity index (χ0v) is 14.5. The van der Waals surface area contributed by atoms with Crippen LogP contribution < -0.4 is 10.6 Å². The van der Waals surface area contributed by atoms with Gasteiger partial charge in [-0.3, -0.25) is 4.79 Å². The third-order valence-electron chi connectivity index (χ3n) is 3.12. The van der Waals surface area contributed by atoms with Crippen LogP contribution in [0.1, 0.15) is 19.3 Å². The van der Waals surface area contributed by atoms with E-state index in [0.29, 0.717) is 12.5 Å². The van der Waals surface area contributed by atoms with E-state index >= 15 is 0 Å². The van der Waals surface area contributed by atoms with Crippen LogP contribution in [-0.2, 0) is 4.79 Å². The van der Waals surface area contributed by atoms with Crippen LogP contribution in [0.15, 0.2) is 33.6 Å². The predicted molar refractivity (Wildman–Crippen MR) is 90.8 cm³/mol. The Kier molecular flexibility index (Phi) is 8.61. The quantitative estimate of drug-likeness (QED) is 0.772. The summed E-state index contributed by atoms with van der Waals surface area (Å²) in [6.45, 7) is 2.02. The molecular formula is C14H20BrClN2OS. The van der Waals surface area contributed by atoms with Gasteiger partial charge in [-0.1, -0.05) is 15.9 Å². The van der Waals surface area contributed by atoms with Gasteiger partial charge in [0.15, 0.2) is 0 Å². The molecule has 1 fully saturated rings. The molecule has 0 bridgehead atoms. The van der Waals surface area contributed by atoms with Crippen molar-refractivity contribution in [3.63, 3.8) is 0 Å². The number of amides is 1. The first-order chi connectivity index (χ1) is 9.24. The maximum absolute atomic E-state index is 11.8. The van der Waals surface area contributed by atoms with Gasteiger partial charge in [-0.2, -0.15) is 0 Å². The van der Waals surface area contributed by atoms with Gasteiger partial charge >= 0.3 is 0 Å². The average Bonchev–Trinajstić information content (AvgIpc) is 2.42. The van der Waals surface area contributed by atoms with Crippen LogP contribution in [0.2, 0.25) is 0 Å². The van der Waals surface area contributed by atoms with Crippen molar-refractivity contribution in [1.82, 2.24) is 10.6 Å². The van der Waals surface area contributed by atoms with Gasteiger partial charge in [0.05, 0.1) is 0 Å². The molecule has 2 rings (SSSR count). The van der Waals surface area contributed by atoms with Crippen molar-refractivity contribution in [3.05, 3.63) is 28.7 Å². The SMILES string of the molecule is Cl.O=C(CCSc1ccc(Br)cc1)NC1CCNCC1. The highest BCUT2D eigenvalue weighted by molar-refractivity contribution is 9.10. The second kappa shape index (κ2) is 9.66. The van der Waals surface area contributed by atoms with Gasteiger partial charge < -0.3 is 10.6 Å². The molecule has 112 valence electrons. The molecule has 1 aromatic rings. The molecule has 0 saturated carbocycles.